The van der Waals surface area contributed by atoms with E-state index in [-0.39, 0.29) is 42.1 Å². The van der Waals surface area contributed by atoms with Gasteiger partial charge in [0.15, 0.2) is 5.78 Å². The molecule has 10 heteroatoms. The van der Waals surface area contributed by atoms with E-state index in [9.17, 15) is 35.9 Å². The van der Waals surface area contributed by atoms with Crippen LogP contribution in [0.4, 0.5) is 26.3 Å². The van der Waals surface area contributed by atoms with Gasteiger partial charge in [-0.15, -0.1) is 0 Å². The van der Waals surface area contributed by atoms with Crippen molar-refractivity contribution in [2.24, 2.45) is 17.1 Å². The third-order valence-electron chi connectivity index (χ3n) is 8.66. The molecule has 4 rings (SSSR count). The van der Waals surface area contributed by atoms with Crippen LogP contribution < -0.4 is 5.73 Å². The predicted molar refractivity (Wildman–Crippen MR) is 138 cm³/mol. The first kappa shape index (κ1) is 30.1. The Morgan fingerprint density at radius 2 is 1.43 bits per heavy atom. The van der Waals surface area contributed by atoms with Crippen LogP contribution in [0.1, 0.15) is 79.7 Å². The van der Waals surface area contributed by atoms with E-state index >= 15 is 0 Å². The lowest BCUT2D eigenvalue weighted by molar-refractivity contribution is -0.143. The van der Waals surface area contributed by atoms with E-state index in [0.29, 0.717) is 43.6 Å². The molecule has 1 aliphatic carbocycles. The highest BCUT2D eigenvalue weighted by molar-refractivity contribution is 5.86. The van der Waals surface area contributed by atoms with Crippen molar-refractivity contribution in [3.8, 4) is 0 Å². The highest BCUT2D eigenvalue weighted by Crippen LogP contribution is 2.47. The number of hydrogen-bond acceptors (Lipinski definition) is 3. The normalized spacial score (nSPS) is 19.8. The Hall–Kier alpha value is -2.88. The van der Waals surface area contributed by atoms with Gasteiger partial charge >= 0.3 is 12.4 Å². The fourth-order valence-electron chi connectivity index (χ4n) is 6.50. The maximum absolute atomic E-state index is 13.6. The number of carbonyl (C=O) groups is 2. The van der Waals surface area contributed by atoms with Gasteiger partial charge in [-0.3, -0.25) is 14.5 Å². The number of carbonyl (C=O) groups excluding carboxylic acids is 2. The monoisotopic (exact) mass is 568 g/mol. The van der Waals surface area contributed by atoms with Crippen molar-refractivity contribution in [3.63, 3.8) is 0 Å². The van der Waals surface area contributed by atoms with Crippen molar-refractivity contribution in [1.29, 1.82) is 0 Å². The van der Waals surface area contributed by atoms with Crippen molar-refractivity contribution in [2.75, 3.05) is 13.1 Å². The van der Waals surface area contributed by atoms with Crippen LogP contribution in [0.3, 0.4) is 0 Å². The van der Waals surface area contributed by atoms with Gasteiger partial charge in [-0.2, -0.15) is 26.3 Å². The van der Waals surface area contributed by atoms with Gasteiger partial charge in [-0.05, 0) is 67.3 Å². The molecule has 40 heavy (non-hydrogen) atoms. The van der Waals surface area contributed by atoms with Crippen molar-refractivity contribution >= 4 is 11.7 Å². The second-order valence-electron chi connectivity index (χ2n) is 11.1. The smallest absolute Gasteiger partial charge is 0.369 e. The molecule has 1 aliphatic heterocycles. The Balaban J connectivity index is 1.54. The van der Waals surface area contributed by atoms with Crippen LogP contribution in [0.2, 0.25) is 0 Å². The number of benzene rings is 2. The van der Waals surface area contributed by atoms with Gasteiger partial charge in [0.25, 0.3) is 0 Å². The van der Waals surface area contributed by atoms with E-state index in [2.05, 4.69) is 0 Å². The Labute approximate surface area is 229 Å². The predicted octanol–water partition coefficient (Wildman–Crippen LogP) is 7.12. The van der Waals surface area contributed by atoms with Gasteiger partial charge in [0.1, 0.15) is 0 Å². The van der Waals surface area contributed by atoms with Crippen LogP contribution in [0.15, 0.2) is 48.5 Å². The van der Waals surface area contributed by atoms with Gasteiger partial charge in [-0.1, -0.05) is 49.6 Å². The minimum Gasteiger partial charge on any atom is -0.369 e. The zero-order chi connectivity index (χ0) is 29.1. The number of Topliss-reactive ketones (excluding diaryl/α,β-unsaturated/α-hetero) is 1. The third kappa shape index (κ3) is 6.70. The summed E-state index contributed by atoms with van der Waals surface area (Å²) >= 11 is 0. The number of likely N-dealkylation sites (tertiary alicyclic amines) is 1. The van der Waals surface area contributed by atoms with Crippen LogP contribution >= 0.6 is 0 Å². The molecule has 2 aliphatic rings. The molecule has 0 radical (unpaired) electrons. The van der Waals surface area contributed by atoms with E-state index in [1.165, 1.54) is 0 Å². The number of alkyl halides is 6. The maximum atomic E-state index is 13.6. The average molecular weight is 569 g/mol. The molecule has 218 valence electrons. The Bertz CT molecular complexity index is 1150. The summed E-state index contributed by atoms with van der Waals surface area (Å²) < 4.78 is 79.8. The van der Waals surface area contributed by atoms with E-state index in [4.69, 9.17) is 5.73 Å². The average Bonchev–Trinajstić information content (AvgIpc) is 2.92. The summed E-state index contributed by atoms with van der Waals surface area (Å²) in [6, 6.07) is 9.62. The number of hydrogen-bond donors (Lipinski definition) is 1. The minimum absolute atomic E-state index is 0.0864. The molecule has 4 nitrogen and oxygen atoms in total. The van der Waals surface area contributed by atoms with Gasteiger partial charge < -0.3 is 5.73 Å². The minimum atomic E-state index is -4.95. The molecule has 2 N–H and O–H groups in total. The standard InChI is InChI=1S/C30H34F6N2O2/c31-29(32,33)23-17-20(18-24(19-23)30(34,35)36)11-12-25(39)26(21-7-3-1-4-8-21)38-15-13-28(14-16-38,27(37)40)22-9-5-2-6-10-22/h1,3-4,7-8,17-19,22,26H,2,5-6,9-16H2,(H2,37,40). The van der Waals surface area contributed by atoms with E-state index < -0.39 is 34.9 Å². The lowest BCUT2D eigenvalue weighted by atomic mass is 9.63. The molecule has 0 bridgehead atoms. The first-order valence-corrected chi connectivity index (χ1v) is 13.7. The van der Waals surface area contributed by atoms with Gasteiger partial charge in [0.2, 0.25) is 5.91 Å². The van der Waals surface area contributed by atoms with Gasteiger partial charge in [-0.25, -0.2) is 0 Å². The highest BCUT2D eigenvalue weighted by Gasteiger charge is 2.47. The SMILES string of the molecule is NC(=O)C1(C2CCCCC2)CCN(C(C(=O)CCc2cc(C(F)(F)F)cc(C(F)(F)F)c2)c2ccccc2)CC1. The Morgan fingerprint density at radius 1 is 0.875 bits per heavy atom. The lowest BCUT2D eigenvalue weighted by Gasteiger charge is -2.47. The molecule has 1 amide bonds. The second-order valence-corrected chi connectivity index (χ2v) is 11.1. The number of amides is 1. The zero-order valence-electron chi connectivity index (χ0n) is 22.2. The molecule has 2 fully saturated rings. The van der Waals surface area contributed by atoms with E-state index in [1.807, 2.05) is 4.90 Å². The van der Waals surface area contributed by atoms with Crippen LogP contribution in [0.25, 0.3) is 0 Å². The number of rotatable bonds is 8. The zero-order valence-corrected chi connectivity index (χ0v) is 22.2. The van der Waals surface area contributed by atoms with Gasteiger partial charge in [0, 0.05) is 19.5 Å². The fourth-order valence-corrected chi connectivity index (χ4v) is 6.50. The number of primary amides is 1. The molecular weight excluding hydrogens is 534 g/mol. The summed E-state index contributed by atoms with van der Waals surface area (Å²) in [6.07, 6.45) is -4.26. The number of ketones is 1. The van der Waals surface area contributed by atoms with E-state index in [0.717, 1.165) is 32.1 Å². The summed E-state index contributed by atoms with van der Waals surface area (Å²) in [6.45, 7) is 0.874. The molecule has 1 saturated carbocycles. The Morgan fingerprint density at radius 3 is 1.93 bits per heavy atom. The number of halogens is 6. The quantitative estimate of drug-likeness (QED) is 0.345. The molecule has 1 unspecified atom stereocenters. The van der Waals surface area contributed by atoms with Gasteiger partial charge in [0.05, 0.1) is 22.6 Å². The molecule has 0 aromatic heterocycles. The summed E-state index contributed by atoms with van der Waals surface area (Å²) in [4.78, 5) is 28.3. The Kier molecular flexibility index (Phi) is 8.97. The summed E-state index contributed by atoms with van der Waals surface area (Å²) in [7, 11) is 0. The molecule has 1 atom stereocenters. The molecular formula is C30H34F6N2O2. The second kappa shape index (κ2) is 11.9. The summed E-state index contributed by atoms with van der Waals surface area (Å²) in [5.41, 5.74) is 3.00. The van der Waals surface area contributed by atoms with Crippen LogP contribution in [-0.4, -0.2) is 29.7 Å². The van der Waals surface area contributed by atoms with E-state index in [1.54, 1.807) is 30.3 Å². The molecule has 1 heterocycles. The van der Waals surface area contributed by atoms with Crippen LogP contribution in [0.5, 0.6) is 0 Å². The molecule has 2 aromatic carbocycles. The fraction of sp³-hybridized carbons (Fsp3) is 0.533. The largest absolute Gasteiger partial charge is 0.416 e. The number of nitrogens with two attached hydrogens (primary N) is 1. The highest BCUT2D eigenvalue weighted by atomic mass is 19.4. The molecule has 1 saturated heterocycles. The molecule has 2 aromatic rings. The maximum Gasteiger partial charge on any atom is 0.416 e. The lowest BCUT2D eigenvalue weighted by Crippen LogP contribution is -2.52. The number of nitrogens with zero attached hydrogens (tertiary/aromatic N) is 1. The topological polar surface area (TPSA) is 63.4 Å². The summed E-state index contributed by atoms with van der Waals surface area (Å²) in [5.74, 6) is -0.413. The number of piperidine rings is 1. The summed E-state index contributed by atoms with van der Waals surface area (Å²) in [5, 5.41) is 0. The van der Waals surface area contributed by atoms with Crippen molar-refractivity contribution in [3.05, 3.63) is 70.8 Å². The van der Waals surface area contributed by atoms with Crippen LogP contribution in [-0.2, 0) is 28.4 Å². The third-order valence-corrected chi connectivity index (χ3v) is 8.66. The van der Waals surface area contributed by atoms with Crippen molar-refractivity contribution < 1.29 is 35.9 Å². The molecule has 0 spiro atoms. The van der Waals surface area contributed by atoms with Crippen molar-refractivity contribution in [1.82, 2.24) is 4.90 Å². The van der Waals surface area contributed by atoms with Crippen LogP contribution in [0, 0.1) is 11.3 Å². The number of aryl methyl sites for hydroxylation is 1. The van der Waals surface area contributed by atoms with Crippen molar-refractivity contribution in [2.45, 2.75) is 76.2 Å². The first-order valence-electron chi connectivity index (χ1n) is 13.7. The first-order chi connectivity index (χ1) is 18.8.